The summed E-state index contributed by atoms with van der Waals surface area (Å²) in [5.74, 6) is 0.746. The van der Waals surface area contributed by atoms with Crippen molar-refractivity contribution in [1.29, 1.82) is 0 Å². The first kappa shape index (κ1) is 22.1. The van der Waals surface area contributed by atoms with Crippen LogP contribution in [0.5, 0.6) is 0 Å². The molecule has 2 aromatic rings. The SMILES string of the molecule is C[C@H]1CCCN(c2ccc([C@@H](C)NC(=S)Nc3ccc(C(=O)N(C)C)cc3)cc2)C1. The molecule has 30 heavy (non-hydrogen) atoms. The van der Waals surface area contributed by atoms with Gasteiger partial charge in [-0.1, -0.05) is 19.1 Å². The Balaban J connectivity index is 1.54. The number of hydrogen-bond donors (Lipinski definition) is 2. The summed E-state index contributed by atoms with van der Waals surface area (Å²) >= 11 is 5.47. The Hall–Kier alpha value is -2.60. The summed E-state index contributed by atoms with van der Waals surface area (Å²) in [5, 5.41) is 7.09. The van der Waals surface area contributed by atoms with E-state index in [1.807, 2.05) is 12.1 Å². The fraction of sp³-hybridized carbons (Fsp3) is 0.417. The quantitative estimate of drug-likeness (QED) is 0.683. The number of anilines is 2. The van der Waals surface area contributed by atoms with E-state index in [1.165, 1.54) is 24.1 Å². The minimum absolute atomic E-state index is 0.0154. The van der Waals surface area contributed by atoms with Crippen molar-refractivity contribution in [1.82, 2.24) is 10.2 Å². The zero-order chi connectivity index (χ0) is 21.7. The fourth-order valence-corrected chi connectivity index (χ4v) is 4.09. The van der Waals surface area contributed by atoms with E-state index in [0.29, 0.717) is 10.7 Å². The van der Waals surface area contributed by atoms with Crippen molar-refractivity contribution in [3.05, 3.63) is 59.7 Å². The number of thiocarbonyl (C=S) groups is 1. The Bertz CT molecular complexity index is 864. The van der Waals surface area contributed by atoms with Crippen LogP contribution in [0.25, 0.3) is 0 Å². The van der Waals surface area contributed by atoms with E-state index >= 15 is 0 Å². The Labute approximate surface area is 185 Å². The molecule has 2 N–H and O–H groups in total. The van der Waals surface area contributed by atoms with E-state index in [4.69, 9.17) is 12.2 Å². The van der Waals surface area contributed by atoms with Crippen molar-refractivity contribution >= 4 is 34.6 Å². The standard InChI is InChI=1S/C24H32N4OS/c1-17-6-5-15-28(16-17)22-13-9-19(10-14-22)18(2)25-24(30)26-21-11-7-20(8-12-21)23(29)27(3)4/h7-14,17-18H,5-6,15-16H2,1-4H3,(H2,25,26,30)/t17-,18+/m0/s1. The second-order valence-electron chi connectivity index (χ2n) is 8.38. The molecule has 0 unspecified atom stereocenters. The van der Waals surface area contributed by atoms with Gasteiger partial charge in [-0.2, -0.15) is 0 Å². The third-order valence-electron chi connectivity index (χ3n) is 5.56. The fourth-order valence-electron chi connectivity index (χ4n) is 3.80. The number of carbonyl (C=O) groups excluding carboxylic acids is 1. The third-order valence-corrected chi connectivity index (χ3v) is 5.78. The van der Waals surface area contributed by atoms with Gasteiger partial charge in [-0.25, -0.2) is 0 Å². The Kier molecular flexibility index (Phi) is 7.32. The number of rotatable bonds is 5. The van der Waals surface area contributed by atoms with Crippen LogP contribution >= 0.6 is 12.2 Å². The molecule has 160 valence electrons. The lowest BCUT2D eigenvalue weighted by Gasteiger charge is -2.33. The minimum Gasteiger partial charge on any atom is -0.371 e. The lowest BCUT2D eigenvalue weighted by atomic mass is 9.99. The number of nitrogens with zero attached hydrogens (tertiary/aromatic N) is 2. The molecule has 2 atom stereocenters. The minimum atomic E-state index is -0.0154. The van der Waals surface area contributed by atoms with Crippen LogP contribution in [0, 0.1) is 5.92 Å². The van der Waals surface area contributed by atoms with E-state index in [0.717, 1.165) is 24.7 Å². The average molecular weight is 425 g/mol. The normalized spacial score (nSPS) is 17.2. The first-order valence-corrected chi connectivity index (χ1v) is 11.0. The molecule has 0 spiro atoms. The summed E-state index contributed by atoms with van der Waals surface area (Å²) in [7, 11) is 3.49. The summed E-state index contributed by atoms with van der Waals surface area (Å²) in [5.41, 5.74) is 4.00. The largest absolute Gasteiger partial charge is 0.371 e. The van der Waals surface area contributed by atoms with Crippen LogP contribution in [0.15, 0.2) is 48.5 Å². The molecule has 1 heterocycles. The lowest BCUT2D eigenvalue weighted by molar-refractivity contribution is 0.0827. The molecule has 1 saturated heterocycles. The number of carbonyl (C=O) groups is 1. The van der Waals surface area contributed by atoms with Crippen molar-refractivity contribution in [2.75, 3.05) is 37.4 Å². The molecule has 0 radical (unpaired) electrons. The molecule has 6 heteroatoms. The molecule has 1 aliphatic rings. The number of benzene rings is 2. The zero-order valence-corrected chi connectivity index (χ0v) is 19.1. The van der Waals surface area contributed by atoms with E-state index in [-0.39, 0.29) is 11.9 Å². The second-order valence-corrected chi connectivity index (χ2v) is 8.79. The molecule has 2 aromatic carbocycles. The average Bonchev–Trinajstić information content (AvgIpc) is 2.73. The van der Waals surface area contributed by atoms with Gasteiger partial charge in [-0.05, 0) is 79.9 Å². The van der Waals surface area contributed by atoms with Crippen LogP contribution in [0.4, 0.5) is 11.4 Å². The maximum Gasteiger partial charge on any atom is 0.253 e. The van der Waals surface area contributed by atoms with Crippen molar-refractivity contribution in [3.8, 4) is 0 Å². The first-order valence-electron chi connectivity index (χ1n) is 10.6. The summed E-state index contributed by atoms with van der Waals surface area (Å²) < 4.78 is 0. The van der Waals surface area contributed by atoms with Gasteiger partial charge in [0.25, 0.3) is 5.91 Å². The van der Waals surface area contributed by atoms with Gasteiger partial charge in [0.2, 0.25) is 0 Å². The first-order chi connectivity index (χ1) is 14.3. The summed E-state index contributed by atoms with van der Waals surface area (Å²) in [6.45, 7) is 6.71. The summed E-state index contributed by atoms with van der Waals surface area (Å²) in [6.07, 6.45) is 2.60. The van der Waals surface area contributed by atoms with Crippen molar-refractivity contribution in [2.24, 2.45) is 5.92 Å². The Morgan fingerprint density at radius 1 is 1.13 bits per heavy atom. The second kappa shape index (κ2) is 9.94. The molecule has 1 fully saturated rings. The summed E-state index contributed by atoms with van der Waals surface area (Å²) in [6, 6.07) is 16.2. The monoisotopic (exact) mass is 424 g/mol. The van der Waals surface area contributed by atoms with Crippen LogP contribution in [0.1, 0.15) is 48.7 Å². The van der Waals surface area contributed by atoms with E-state index in [9.17, 15) is 4.79 Å². The Morgan fingerprint density at radius 3 is 2.40 bits per heavy atom. The summed E-state index contributed by atoms with van der Waals surface area (Å²) in [4.78, 5) is 16.0. The predicted octanol–water partition coefficient (Wildman–Crippen LogP) is 4.67. The maximum atomic E-state index is 12.0. The zero-order valence-electron chi connectivity index (χ0n) is 18.3. The van der Waals surface area contributed by atoms with E-state index in [1.54, 1.807) is 31.1 Å². The van der Waals surface area contributed by atoms with Crippen LogP contribution in [-0.4, -0.2) is 43.1 Å². The predicted molar refractivity (Wildman–Crippen MR) is 129 cm³/mol. The highest BCUT2D eigenvalue weighted by molar-refractivity contribution is 7.80. The highest BCUT2D eigenvalue weighted by Gasteiger charge is 2.17. The molecule has 0 saturated carbocycles. The number of nitrogens with one attached hydrogen (secondary N) is 2. The third kappa shape index (κ3) is 5.72. The van der Waals surface area contributed by atoms with E-state index in [2.05, 4.69) is 53.6 Å². The van der Waals surface area contributed by atoms with Gasteiger partial charge in [0.05, 0.1) is 6.04 Å². The molecule has 1 amide bonds. The van der Waals surface area contributed by atoms with Crippen LogP contribution in [0.2, 0.25) is 0 Å². The van der Waals surface area contributed by atoms with Gasteiger partial charge >= 0.3 is 0 Å². The van der Waals surface area contributed by atoms with Gasteiger partial charge in [0.15, 0.2) is 5.11 Å². The molecular formula is C24H32N4OS. The molecule has 5 nitrogen and oxygen atoms in total. The van der Waals surface area contributed by atoms with E-state index < -0.39 is 0 Å². The smallest absolute Gasteiger partial charge is 0.253 e. The van der Waals surface area contributed by atoms with Gasteiger partial charge < -0.3 is 20.4 Å². The van der Waals surface area contributed by atoms with Gasteiger partial charge in [-0.15, -0.1) is 0 Å². The van der Waals surface area contributed by atoms with Gasteiger partial charge in [0.1, 0.15) is 0 Å². The van der Waals surface area contributed by atoms with Crippen molar-refractivity contribution in [3.63, 3.8) is 0 Å². The number of hydrogen-bond acceptors (Lipinski definition) is 3. The highest BCUT2D eigenvalue weighted by atomic mass is 32.1. The molecule has 0 aliphatic carbocycles. The van der Waals surface area contributed by atoms with Gasteiger partial charge in [-0.3, -0.25) is 4.79 Å². The Morgan fingerprint density at radius 2 is 1.80 bits per heavy atom. The molecule has 3 rings (SSSR count). The maximum absolute atomic E-state index is 12.0. The molecule has 1 aliphatic heterocycles. The van der Waals surface area contributed by atoms with Gasteiger partial charge in [0, 0.05) is 44.1 Å². The van der Waals surface area contributed by atoms with Crippen molar-refractivity contribution < 1.29 is 4.79 Å². The highest BCUT2D eigenvalue weighted by Crippen LogP contribution is 2.24. The van der Waals surface area contributed by atoms with Crippen LogP contribution in [-0.2, 0) is 0 Å². The molecular weight excluding hydrogens is 392 g/mol. The topological polar surface area (TPSA) is 47.6 Å². The van der Waals surface area contributed by atoms with Crippen molar-refractivity contribution in [2.45, 2.75) is 32.7 Å². The number of piperidine rings is 1. The molecule has 0 aromatic heterocycles. The molecule has 0 bridgehead atoms. The van der Waals surface area contributed by atoms with Crippen LogP contribution < -0.4 is 15.5 Å². The lowest BCUT2D eigenvalue weighted by Crippen LogP contribution is -2.34. The number of amides is 1. The van der Waals surface area contributed by atoms with Crippen LogP contribution in [0.3, 0.4) is 0 Å².